The van der Waals surface area contributed by atoms with Crippen LogP contribution in [-0.4, -0.2) is 69.5 Å². The molecule has 0 aliphatic carbocycles. The number of aryl methyl sites for hydroxylation is 1. The molecule has 3 heterocycles. The molecule has 30 heavy (non-hydrogen) atoms. The zero-order valence-corrected chi connectivity index (χ0v) is 18.9. The molecule has 1 aliphatic rings. The summed E-state index contributed by atoms with van der Waals surface area (Å²) in [6, 6.07) is 14.7. The van der Waals surface area contributed by atoms with Crippen molar-refractivity contribution < 1.29 is 4.79 Å². The number of hydrogen-bond acceptors (Lipinski definition) is 6. The van der Waals surface area contributed by atoms with Gasteiger partial charge >= 0.3 is 0 Å². The van der Waals surface area contributed by atoms with E-state index < -0.39 is 0 Å². The van der Waals surface area contributed by atoms with Crippen LogP contribution in [0.25, 0.3) is 0 Å². The summed E-state index contributed by atoms with van der Waals surface area (Å²) in [6.07, 6.45) is 1.68. The third-order valence-corrected chi connectivity index (χ3v) is 7.18. The fourth-order valence-corrected chi connectivity index (χ4v) is 5.10. The van der Waals surface area contributed by atoms with Crippen molar-refractivity contribution in [1.29, 1.82) is 0 Å². The van der Waals surface area contributed by atoms with Gasteiger partial charge < -0.3 is 14.4 Å². The molecule has 8 heteroatoms. The third-order valence-electron chi connectivity index (χ3n) is 5.35. The first kappa shape index (κ1) is 21.1. The van der Waals surface area contributed by atoms with Crippen molar-refractivity contribution in [2.75, 3.05) is 39.0 Å². The lowest BCUT2D eigenvalue weighted by Crippen LogP contribution is -2.47. The Labute approximate surface area is 185 Å². The van der Waals surface area contributed by atoms with Crippen LogP contribution in [0, 0.1) is 0 Å². The van der Waals surface area contributed by atoms with Crippen LogP contribution in [0.5, 0.6) is 0 Å². The summed E-state index contributed by atoms with van der Waals surface area (Å²) in [4.78, 5) is 18.2. The summed E-state index contributed by atoms with van der Waals surface area (Å²) in [5.74, 6) is 1.56. The van der Waals surface area contributed by atoms with Crippen LogP contribution in [0.1, 0.15) is 16.3 Å². The lowest BCUT2D eigenvalue weighted by Gasteiger charge is -2.32. The Bertz CT molecular complexity index is 934. The molecule has 6 nitrogen and oxygen atoms in total. The van der Waals surface area contributed by atoms with E-state index in [2.05, 4.69) is 68.5 Å². The van der Waals surface area contributed by atoms with Gasteiger partial charge in [0.25, 0.3) is 0 Å². The number of hydrogen-bond donors (Lipinski definition) is 0. The predicted octanol–water partition coefficient (Wildman–Crippen LogP) is 3.04. The normalized spacial score (nSPS) is 14.9. The van der Waals surface area contributed by atoms with Gasteiger partial charge in [0.1, 0.15) is 5.82 Å². The fraction of sp³-hybridized carbons (Fsp3) is 0.409. The Hall–Kier alpha value is -2.16. The van der Waals surface area contributed by atoms with Gasteiger partial charge in [-0.15, -0.1) is 21.5 Å². The molecule has 1 aromatic carbocycles. The monoisotopic (exact) mass is 441 g/mol. The first-order chi connectivity index (χ1) is 14.7. The summed E-state index contributed by atoms with van der Waals surface area (Å²) < 4.78 is 2.19. The molecule has 3 aromatic rings. The summed E-state index contributed by atoms with van der Waals surface area (Å²) in [6.45, 7) is 4.30. The number of rotatable bonds is 8. The van der Waals surface area contributed by atoms with Gasteiger partial charge in [-0.2, -0.15) is 0 Å². The summed E-state index contributed by atoms with van der Waals surface area (Å²) in [7, 11) is 2.10. The molecule has 2 aromatic heterocycles. The second-order valence-electron chi connectivity index (χ2n) is 7.51. The number of aromatic nitrogens is 3. The molecule has 1 aliphatic heterocycles. The smallest absolute Gasteiger partial charge is 0.233 e. The Kier molecular flexibility index (Phi) is 7.20. The van der Waals surface area contributed by atoms with Gasteiger partial charge in [0, 0.05) is 44.0 Å². The Morgan fingerprint density at radius 1 is 1.07 bits per heavy atom. The van der Waals surface area contributed by atoms with E-state index in [0.717, 1.165) is 56.5 Å². The van der Waals surface area contributed by atoms with Crippen LogP contribution in [0.15, 0.2) is 53.0 Å². The topological polar surface area (TPSA) is 54.3 Å². The van der Waals surface area contributed by atoms with E-state index in [1.165, 1.54) is 22.2 Å². The zero-order chi connectivity index (χ0) is 20.8. The van der Waals surface area contributed by atoms with E-state index in [-0.39, 0.29) is 5.91 Å². The minimum absolute atomic E-state index is 0.186. The number of piperazine rings is 1. The predicted molar refractivity (Wildman–Crippen MR) is 122 cm³/mol. The van der Waals surface area contributed by atoms with Crippen molar-refractivity contribution >= 4 is 29.0 Å². The molecule has 0 unspecified atom stereocenters. The van der Waals surface area contributed by atoms with Gasteiger partial charge in [-0.1, -0.05) is 48.2 Å². The Balaban J connectivity index is 1.44. The molecule has 0 saturated carbocycles. The lowest BCUT2D eigenvalue weighted by atomic mass is 10.1. The number of nitrogens with zero attached hydrogens (tertiary/aromatic N) is 5. The average molecular weight is 442 g/mol. The molecule has 4 rings (SSSR count). The second-order valence-corrected chi connectivity index (χ2v) is 9.49. The highest BCUT2D eigenvalue weighted by atomic mass is 32.2. The van der Waals surface area contributed by atoms with Crippen LogP contribution >= 0.6 is 23.1 Å². The number of carbonyl (C=O) groups is 1. The molecule has 0 bridgehead atoms. The number of likely N-dealkylation sites (N-methyl/N-ethyl adjacent to an activating group) is 1. The fourth-order valence-electron chi connectivity index (χ4n) is 3.51. The van der Waals surface area contributed by atoms with Crippen LogP contribution in [0.4, 0.5) is 0 Å². The minimum atomic E-state index is 0.186. The minimum Gasteiger partial charge on any atom is -0.339 e. The van der Waals surface area contributed by atoms with Crippen molar-refractivity contribution in [3.05, 3.63) is 64.1 Å². The van der Waals surface area contributed by atoms with Gasteiger partial charge in [-0.25, -0.2) is 0 Å². The molecule has 0 N–H and O–H groups in total. The van der Waals surface area contributed by atoms with Crippen LogP contribution in [0.2, 0.25) is 0 Å². The van der Waals surface area contributed by atoms with Crippen molar-refractivity contribution in [1.82, 2.24) is 24.6 Å². The summed E-state index contributed by atoms with van der Waals surface area (Å²) in [5, 5.41) is 11.8. The molecular formula is C22H27N5OS2. The van der Waals surface area contributed by atoms with E-state index in [1.54, 1.807) is 11.3 Å². The second kappa shape index (κ2) is 10.2. The number of thiophene rings is 1. The average Bonchev–Trinajstić information content (AvgIpc) is 3.42. The first-order valence-electron chi connectivity index (χ1n) is 10.3. The molecule has 0 radical (unpaired) electrons. The van der Waals surface area contributed by atoms with Gasteiger partial charge in [0.15, 0.2) is 5.16 Å². The molecule has 0 atom stereocenters. The molecular weight excluding hydrogens is 414 g/mol. The largest absolute Gasteiger partial charge is 0.339 e. The van der Waals surface area contributed by atoms with Crippen LogP contribution in [-0.2, 0) is 24.2 Å². The quantitative estimate of drug-likeness (QED) is 0.503. The summed E-state index contributed by atoms with van der Waals surface area (Å²) >= 11 is 3.24. The maximum absolute atomic E-state index is 12.7. The third kappa shape index (κ3) is 5.50. The molecule has 1 saturated heterocycles. The first-order valence-corrected chi connectivity index (χ1v) is 12.1. The number of benzene rings is 1. The number of amides is 1. The van der Waals surface area contributed by atoms with E-state index in [9.17, 15) is 4.79 Å². The number of carbonyl (C=O) groups excluding carboxylic acids is 1. The highest BCUT2D eigenvalue weighted by Gasteiger charge is 2.21. The van der Waals surface area contributed by atoms with Gasteiger partial charge in [0.2, 0.25) is 5.91 Å². The van der Waals surface area contributed by atoms with E-state index in [0.29, 0.717) is 5.75 Å². The lowest BCUT2D eigenvalue weighted by molar-refractivity contribution is -0.129. The van der Waals surface area contributed by atoms with E-state index in [4.69, 9.17) is 0 Å². The van der Waals surface area contributed by atoms with E-state index in [1.807, 2.05) is 11.0 Å². The molecule has 1 amide bonds. The summed E-state index contributed by atoms with van der Waals surface area (Å²) in [5.41, 5.74) is 1.29. The van der Waals surface area contributed by atoms with Crippen LogP contribution < -0.4 is 0 Å². The Morgan fingerprint density at radius 2 is 1.87 bits per heavy atom. The van der Waals surface area contributed by atoms with Crippen molar-refractivity contribution in [3.63, 3.8) is 0 Å². The van der Waals surface area contributed by atoms with Crippen LogP contribution in [0.3, 0.4) is 0 Å². The van der Waals surface area contributed by atoms with Crippen molar-refractivity contribution in [2.45, 2.75) is 24.5 Å². The van der Waals surface area contributed by atoms with Gasteiger partial charge in [-0.3, -0.25) is 4.79 Å². The van der Waals surface area contributed by atoms with Crippen molar-refractivity contribution in [3.8, 4) is 0 Å². The van der Waals surface area contributed by atoms with Gasteiger partial charge in [-0.05, 0) is 30.5 Å². The standard InChI is InChI=1S/C22H27N5OS2/c1-25-11-13-26(14-12-25)21(28)17-30-22-24-23-20(16-19-8-5-15-29-19)27(22)10-9-18-6-3-2-4-7-18/h2-8,15H,9-14,16-17H2,1H3. The molecule has 0 spiro atoms. The van der Waals surface area contributed by atoms with Gasteiger partial charge in [0.05, 0.1) is 5.75 Å². The Morgan fingerprint density at radius 3 is 2.60 bits per heavy atom. The SMILES string of the molecule is CN1CCN(C(=O)CSc2nnc(Cc3cccs3)n2CCc2ccccc2)CC1. The zero-order valence-electron chi connectivity index (χ0n) is 17.2. The highest BCUT2D eigenvalue weighted by molar-refractivity contribution is 7.99. The molecule has 1 fully saturated rings. The number of thioether (sulfide) groups is 1. The van der Waals surface area contributed by atoms with Crippen molar-refractivity contribution in [2.24, 2.45) is 0 Å². The maximum atomic E-state index is 12.7. The maximum Gasteiger partial charge on any atom is 0.233 e. The highest BCUT2D eigenvalue weighted by Crippen LogP contribution is 2.22. The van der Waals surface area contributed by atoms with E-state index >= 15 is 0 Å². The molecule has 158 valence electrons.